The first-order valence-electron chi connectivity index (χ1n) is 6.34. The maximum absolute atomic E-state index is 6.17. The number of benzene rings is 1. The van der Waals surface area contributed by atoms with Crippen LogP contribution < -0.4 is 11.3 Å². The maximum Gasteiger partial charge on any atom is 0.143 e. The molecule has 1 fully saturated rings. The van der Waals surface area contributed by atoms with E-state index in [1.165, 1.54) is 12.8 Å². The summed E-state index contributed by atoms with van der Waals surface area (Å²) in [5, 5.41) is 0.741. The zero-order valence-electron chi connectivity index (χ0n) is 10.4. The summed E-state index contributed by atoms with van der Waals surface area (Å²) in [7, 11) is 0. The Morgan fingerprint density at radius 2 is 2.05 bits per heavy atom. The SMILES string of the molecule is NNc1cc(C2CC2)nc(Cc2ccccc2Cl)n1. The Kier molecular flexibility index (Phi) is 3.36. The van der Waals surface area contributed by atoms with Gasteiger partial charge in [0.15, 0.2) is 0 Å². The van der Waals surface area contributed by atoms with E-state index in [2.05, 4.69) is 15.4 Å². The van der Waals surface area contributed by atoms with Crippen LogP contribution in [0.4, 0.5) is 5.82 Å². The van der Waals surface area contributed by atoms with Gasteiger partial charge in [0.2, 0.25) is 0 Å². The quantitative estimate of drug-likeness (QED) is 0.665. The number of rotatable bonds is 4. The molecule has 4 nitrogen and oxygen atoms in total. The summed E-state index contributed by atoms with van der Waals surface area (Å²) in [6, 6.07) is 9.68. The standard InChI is InChI=1S/C14H15ClN4/c15-11-4-2-1-3-10(11)7-13-17-12(9-5-6-9)8-14(18-13)19-16/h1-4,8-9H,5-7,16H2,(H,17,18,19). The van der Waals surface area contributed by atoms with Crippen molar-refractivity contribution < 1.29 is 0 Å². The van der Waals surface area contributed by atoms with E-state index in [1.54, 1.807) is 0 Å². The number of nitrogen functional groups attached to an aromatic ring is 1. The average molecular weight is 275 g/mol. The fourth-order valence-electron chi connectivity index (χ4n) is 2.07. The van der Waals surface area contributed by atoms with Crippen molar-refractivity contribution in [3.8, 4) is 0 Å². The van der Waals surface area contributed by atoms with E-state index < -0.39 is 0 Å². The fourth-order valence-corrected chi connectivity index (χ4v) is 2.27. The lowest BCUT2D eigenvalue weighted by molar-refractivity contribution is 0.899. The number of hydrazine groups is 1. The van der Waals surface area contributed by atoms with Crippen molar-refractivity contribution in [2.75, 3.05) is 5.43 Å². The minimum atomic E-state index is 0.570. The van der Waals surface area contributed by atoms with Crippen LogP contribution in [-0.4, -0.2) is 9.97 Å². The molecule has 1 heterocycles. The van der Waals surface area contributed by atoms with Crippen LogP contribution in [0, 0.1) is 0 Å². The van der Waals surface area contributed by atoms with Crippen LogP contribution in [0.5, 0.6) is 0 Å². The van der Waals surface area contributed by atoms with Gasteiger partial charge in [0, 0.05) is 29.1 Å². The van der Waals surface area contributed by atoms with Crippen LogP contribution in [0.1, 0.15) is 35.8 Å². The first kappa shape index (κ1) is 12.4. The molecule has 0 bridgehead atoms. The highest BCUT2D eigenvalue weighted by molar-refractivity contribution is 6.31. The molecule has 3 rings (SSSR count). The van der Waals surface area contributed by atoms with Crippen molar-refractivity contribution in [2.24, 2.45) is 5.84 Å². The summed E-state index contributed by atoms with van der Waals surface area (Å²) in [6.45, 7) is 0. The number of nitrogens with one attached hydrogen (secondary N) is 1. The van der Waals surface area contributed by atoms with Gasteiger partial charge < -0.3 is 5.43 Å². The number of hydrogen-bond donors (Lipinski definition) is 2. The van der Waals surface area contributed by atoms with Crippen molar-refractivity contribution >= 4 is 17.4 Å². The number of halogens is 1. The van der Waals surface area contributed by atoms with Gasteiger partial charge in [-0.1, -0.05) is 29.8 Å². The van der Waals surface area contributed by atoms with Crippen LogP contribution in [0.2, 0.25) is 5.02 Å². The molecule has 19 heavy (non-hydrogen) atoms. The number of hydrogen-bond acceptors (Lipinski definition) is 4. The summed E-state index contributed by atoms with van der Waals surface area (Å²) in [6.07, 6.45) is 3.02. The Labute approximate surface area is 117 Å². The third-order valence-electron chi connectivity index (χ3n) is 3.24. The zero-order valence-corrected chi connectivity index (χ0v) is 11.2. The normalized spacial score (nSPS) is 14.4. The van der Waals surface area contributed by atoms with Gasteiger partial charge in [0.1, 0.15) is 11.6 Å². The molecular formula is C14H15ClN4. The van der Waals surface area contributed by atoms with Crippen molar-refractivity contribution in [3.05, 3.63) is 52.4 Å². The van der Waals surface area contributed by atoms with Gasteiger partial charge in [0.05, 0.1) is 0 Å². The molecule has 5 heteroatoms. The second-order valence-electron chi connectivity index (χ2n) is 4.78. The molecule has 0 saturated heterocycles. The third kappa shape index (κ3) is 2.85. The van der Waals surface area contributed by atoms with Gasteiger partial charge in [0.25, 0.3) is 0 Å². The van der Waals surface area contributed by atoms with Gasteiger partial charge in [-0.2, -0.15) is 0 Å². The first-order valence-corrected chi connectivity index (χ1v) is 6.72. The molecule has 0 aliphatic heterocycles. The molecule has 1 saturated carbocycles. The highest BCUT2D eigenvalue weighted by atomic mass is 35.5. The van der Waals surface area contributed by atoms with Crippen molar-refractivity contribution in [1.29, 1.82) is 0 Å². The average Bonchev–Trinajstić information content (AvgIpc) is 3.25. The monoisotopic (exact) mass is 274 g/mol. The van der Waals surface area contributed by atoms with Crippen molar-refractivity contribution in [1.82, 2.24) is 9.97 Å². The van der Waals surface area contributed by atoms with E-state index in [9.17, 15) is 0 Å². The predicted molar refractivity (Wildman–Crippen MR) is 76.1 cm³/mol. The highest BCUT2D eigenvalue weighted by Gasteiger charge is 2.26. The van der Waals surface area contributed by atoms with Crippen molar-refractivity contribution in [3.63, 3.8) is 0 Å². The van der Waals surface area contributed by atoms with Crippen LogP contribution >= 0.6 is 11.6 Å². The smallest absolute Gasteiger partial charge is 0.143 e. The lowest BCUT2D eigenvalue weighted by Gasteiger charge is -2.08. The minimum absolute atomic E-state index is 0.570. The molecule has 0 radical (unpaired) electrons. The molecule has 1 aliphatic rings. The Morgan fingerprint density at radius 3 is 2.74 bits per heavy atom. The molecule has 0 unspecified atom stereocenters. The summed E-state index contributed by atoms with van der Waals surface area (Å²) >= 11 is 6.17. The lowest BCUT2D eigenvalue weighted by Crippen LogP contribution is -2.11. The van der Waals surface area contributed by atoms with Gasteiger partial charge in [-0.25, -0.2) is 15.8 Å². The molecule has 1 aliphatic carbocycles. The Bertz CT molecular complexity index is 596. The molecular weight excluding hydrogens is 260 g/mol. The van der Waals surface area contributed by atoms with Crippen LogP contribution in [-0.2, 0) is 6.42 Å². The second-order valence-corrected chi connectivity index (χ2v) is 5.19. The Morgan fingerprint density at radius 1 is 1.26 bits per heavy atom. The molecule has 1 aromatic carbocycles. The van der Waals surface area contributed by atoms with Crippen molar-refractivity contribution in [2.45, 2.75) is 25.2 Å². The molecule has 98 valence electrons. The molecule has 0 spiro atoms. The largest absolute Gasteiger partial charge is 0.308 e. The fraction of sp³-hybridized carbons (Fsp3) is 0.286. The summed E-state index contributed by atoms with van der Waals surface area (Å²) in [5.74, 6) is 7.46. The molecule has 2 aromatic rings. The van der Waals surface area contributed by atoms with E-state index in [-0.39, 0.29) is 0 Å². The van der Waals surface area contributed by atoms with Gasteiger partial charge in [-0.05, 0) is 24.5 Å². The van der Waals surface area contributed by atoms with Crippen LogP contribution in [0.3, 0.4) is 0 Å². The Hall–Kier alpha value is -1.65. The molecule has 0 atom stereocenters. The lowest BCUT2D eigenvalue weighted by atomic mass is 10.1. The minimum Gasteiger partial charge on any atom is -0.308 e. The van der Waals surface area contributed by atoms with E-state index in [1.807, 2.05) is 30.3 Å². The van der Waals surface area contributed by atoms with Gasteiger partial charge in [-0.3, -0.25) is 0 Å². The van der Waals surface area contributed by atoms with E-state index in [0.717, 1.165) is 22.1 Å². The molecule has 3 N–H and O–H groups in total. The predicted octanol–water partition coefficient (Wildman–Crippen LogP) is 2.88. The molecule has 1 aromatic heterocycles. The first-order chi connectivity index (χ1) is 9.26. The number of aromatic nitrogens is 2. The van der Waals surface area contributed by atoms with Gasteiger partial charge in [-0.15, -0.1) is 0 Å². The summed E-state index contributed by atoms with van der Waals surface area (Å²) in [4.78, 5) is 9.01. The number of anilines is 1. The maximum atomic E-state index is 6.17. The topological polar surface area (TPSA) is 63.8 Å². The summed E-state index contributed by atoms with van der Waals surface area (Å²) < 4.78 is 0. The zero-order chi connectivity index (χ0) is 13.2. The highest BCUT2D eigenvalue weighted by Crippen LogP contribution is 2.39. The van der Waals surface area contributed by atoms with Crippen LogP contribution in [0.25, 0.3) is 0 Å². The Balaban J connectivity index is 1.91. The number of nitrogens with two attached hydrogens (primary N) is 1. The molecule has 0 amide bonds. The van der Waals surface area contributed by atoms with E-state index in [4.69, 9.17) is 17.4 Å². The third-order valence-corrected chi connectivity index (χ3v) is 3.61. The van der Waals surface area contributed by atoms with E-state index in [0.29, 0.717) is 18.2 Å². The summed E-state index contributed by atoms with van der Waals surface area (Å²) in [5.41, 5.74) is 4.71. The van der Waals surface area contributed by atoms with Gasteiger partial charge >= 0.3 is 0 Å². The van der Waals surface area contributed by atoms with E-state index >= 15 is 0 Å². The number of nitrogens with zero attached hydrogens (tertiary/aromatic N) is 2. The van der Waals surface area contributed by atoms with Crippen LogP contribution in [0.15, 0.2) is 30.3 Å². The second kappa shape index (κ2) is 5.15.